The molecule has 1 aliphatic rings. The number of hydrogen-bond donors (Lipinski definition) is 1. The molecule has 0 aliphatic carbocycles. The molecule has 2 aromatic rings. The highest BCUT2D eigenvalue weighted by Crippen LogP contribution is 2.25. The summed E-state index contributed by atoms with van der Waals surface area (Å²) < 4.78 is 14.1. The lowest BCUT2D eigenvalue weighted by Crippen LogP contribution is -2.48. The molecule has 0 saturated carbocycles. The van der Waals surface area contributed by atoms with Crippen molar-refractivity contribution in [3.8, 4) is 6.07 Å². The van der Waals surface area contributed by atoms with E-state index in [2.05, 4.69) is 0 Å². The van der Waals surface area contributed by atoms with E-state index >= 15 is 0 Å². The van der Waals surface area contributed by atoms with Crippen LogP contribution in [-0.2, 0) is 24.3 Å². The molecular formula is C18H16FN3O. The first-order chi connectivity index (χ1) is 11.1. The van der Waals surface area contributed by atoms with Gasteiger partial charge in [-0.25, -0.2) is 4.39 Å². The van der Waals surface area contributed by atoms with Crippen LogP contribution in [0.25, 0.3) is 0 Å². The quantitative estimate of drug-likeness (QED) is 0.944. The van der Waals surface area contributed by atoms with E-state index in [9.17, 15) is 9.18 Å². The van der Waals surface area contributed by atoms with Crippen molar-refractivity contribution in [3.63, 3.8) is 0 Å². The Bertz CT molecular complexity index is 797. The molecule has 2 aromatic carbocycles. The third kappa shape index (κ3) is 3.08. The third-order valence-corrected chi connectivity index (χ3v) is 4.23. The van der Waals surface area contributed by atoms with Crippen molar-refractivity contribution in [2.45, 2.75) is 25.6 Å². The summed E-state index contributed by atoms with van der Waals surface area (Å²) in [4.78, 5) is 13.7. The molecule has 1 heterocycles. The molecule has 0 radical (unpaired) electrons. The van der Waals surface area contributed by atoms with Gasteiger partial charge in [0.05, 0.1) is 17.7 Å². The summed E-state index contributed by atoms with van der Waals surface area (Å²) in [6, 6.07) is 13.7. The maximum Gasteiger partial charge on any atom is 0.235 e. The summed E-state index contributed by atoms with van der Waals surface area (Å²) in [5.74, 6) is -0.848. The van der Waals surface area contributed by atoms with Crippen LogP contribution in [0.5, 0.6) is 0 Å². The normalized spacial score (nSPS) is 17.3. The molecule has 5 heteroatoms. The molecule has 0 saturated heterocycles. The number of carbonyl (C=O) groups excluding carboxylic acids is 1. The average molecular weight is 309 g/mol. The molecule has 1 amide bonds. The van der Waals surface area contributed by atoms with E-state index in [1.165, 1.54) is 6.07 Å². The maximum atomic E-state index is 14.1. The number of primary amides is 1. The molecule has 0 bridgehead atoms. The average Bonchev–Trinajstić information content (AvgIpc) is 2.55. The highest BCUT2D eigenvalue weighted by atomic mass is 19.1. The Morgan fingerprint density at radius 2 is 2.04 bits per heavy atom. The van der Waals surface area contributed by atoms with Gasteiger partial charge in [0.25, 0.3) is 0 Å². The second-order valence-electron chi connectivity index (χ2n) is 5.71. The Morgan fingerprint density at radius 3 is 2.70 bits per heavy atom. The molecule has 0 aromatic heterocycles. The molecule has 0 spiro atoms. The standard InChI is InChI=1S/C18H16FN3O/c19-16-7-12(9-20)5-6-15(16)11-22-10-14-4-2-1-3-13(14)8-17(22)18(21)23/h1-7,17H,8,10-11H2,(H2,21,23). The van der Waals surface area contributed by atoms with Gasteiger partial charge >= 0.3 is 0 Å². The van der Waals surface area contributed by atoms with Gasteiger partial charge in [-0.3, -0.25) is 9.69 Å². The first-order valence-corrected chi connectivity index (χ1v) is 7.37. The zero-order valence-corrected chi connectivity index (χ0v) is 12.5. The van der Waals surface area contributed by atoms with Crippen LogP contribution in [0.4, 0.5) is 4.39 Å². The minimum Gasteiger partial charge on any atom is -0.368 e. The van der Waals surface area contributed by atoms with Crippen molar-refractivity contribution >= 4 is 5.91 Å². The van der Waals surface area contributed by atoms with Crippen LogP contribution in [0, 0.1) is 17.1 Å². The van der Waals surface area contributed by atoms with Crippen LogP contribution >= 0.6 is 0 Å². The minimum absolute atomic E-state index is 0.277. The van der Waals surface area contributed by atoms with E-state index in [-0.39, 0.29) is 12.1 Å². The monoisotopic (exact) mass is 309 g/mol. The topological polar surface area (TPSA) is 70.1 Å². The Morgan fingerprint density at radius 1 is 1.30 bits per heavy atom. The van der Waals surface area contributed by atoms with Gasteiger partial charge in [-0.1, -0.05) is 30.3 Å². The predicted octanol–water partition coefficient (Wildman–Crippen LogP) is 2.11. The largest absolute Gasteiger partial charge is 0.368 e. The van der Waals surface area contributed by atoms with Crippen molar-refractivity contribution in [1.29, 1.82) is 5.26 Å². The smallest absolute Gasteiger partial charge is 0.235 e. The number of fused-ring (bicyclic) bond motifs is 1. The summed E-state index contributed by atoms with van der Waals surface area (Å²) in [5, 5.41) is 8.81. The van der Waals surface area contributed by atoms with Gasteiger partial charge in [0.1, 0.15) is 5.82 Å². The van der Waals surface area contributed by atoms with Gasteiger partial charge < -0.3 is 5.73 Å². The van der Waals surface area contributed by atoms with Gasteiger partial charge in [-0.15, -0.1) is 0 Å². The maximum absolute atomic E-state index is 14.1. The Labute approximate surface area is 133 Å². The fourth-order valence-electron chi connectivity index (χ4n) is 2.99. The lowest BCUT2D eigenvalue weighted by Gasteiger charge is -2.35. The molecule has 1 unspecified atom stereocenters. The molecule has 3 rings (SSSR count). The van der Waals surface area contributed by atoms with E-state index in [1.54, 1.807) is 12.1 Å². The van der Waals surface area contributed by atoms with Crippen molar-refractivity contribution in [3.05, 3.63) is 70.5 Å². The fraction of sp³-hybridized carbons (Fsp3) is 0.222. The Kier molecular flexibility index (Phi) is 4.09. The minimum atomic E-state index is -0.458. The number of hydrogen-bond acceptors (Lipinski definition) is 3. The lowest BCUT2D eigenvalue weighted by molar-refractivity contribution is -0.124. The first kappa shape index (κ1) is 15.2. The van der Waals surface area contributed by atoms with Gasteiger partial charge in [-0.2, -0.15) is 5.26 Å². The number of halogens is 1. The van der Waals surface area contributed by atoms with Crippen molar-refractivity contribution in [2.24, 2.45) is 5.73 Å². The van der Waals surface area contributed by atoms with Crippen LogP contribution in [0.1, 0.15) is 22.3 Å². The summed E-state index contributed by atoms with van der Waals surface area (Å²) in [6.07, 6.45) is 0.531. The number of nitrogens with two attached hydrogens (primary N) is 1. The highest BCUT2D eigenvalue weighted by molar-refractivity contribution is 5.80. The van der Waals surface area contributed by atoms with E-state index in [1.807, 2.05) is 35.2 Å². The van der Waals surface area contributed by atoms with E-state index in [4.69, 9.17) is 11.0 Å². The van der Waals surface area contributed by atoms with Gasteiger partial charge in [0, 0.05) is 18.7 Å². The molecule has 0 fully saturated rings. The zero-order chi connectivity index (χ0) is 16.4. The van der Waals surface area contributed by atoms with Crippen LogP contribution < -0.4 is 5.73 Å². The van der Waals surface area contributed by atoms with E-state index in [0.29, 0.717) is 18.5 Å². The van der Waals surface area contributed by atoms with Gasteiger partial charge in [0.15, 0.2) is 0 Å². The highest BCUT2D eigenvalue weighted by Gasteiger charge is 2.30. The molecule has 116 valence electrons. The molecule has 2 N–H and O–H groups in total. The van der Waals surface area contributed by atoms with Crippen molar-refractivity contribution < 1.29 is 9.18 Å². The molecular weight excluding hydrogens is 293 g/mol. The predicted molar refractivity (Wildman–Crippen MR) is 83.5 cm³/mol. The van der Waals surface area contributed by atoms with Crippen molar-refractivity contribution in [2.75, 3.05) is 0 Å². The molecule has 4 nitrogen and oxygen atoms in total. The van der Waals surface area contributed by atoms with Crippen LogP contribution in [-0.4, -0.2) is 16.8 Å². The first-order valence-electron chi connectivity index (χ1n) is 7.37. The Balaban J connectivity index is 1.89. The zero-order valence-electron chi connectivity index (χ0n) is 12.5. The Hall–Kier alpha value is -2.71. The number of rotatable bonds is 3. The second-order valence-corrected chi connectivity index (χ2v) is 5.71. The second kappa shape index (κ2) is 6.19. The van der Waals surface area contributed by atoms with Gasteiger partial charge in [0.2, 0.25) is 5.91 Å². The van der Waals surface area contributed by atoms with Crippen LogP contribution in [0.3, 0.4) is 0 Å². The number of nitrogens with zero attached hydrogens (tertiary/aromatic N) is 2. The number of carbonyl (C=O) groups is 1. The van der Waals surface area contributed by atoms with Gasteiger partial charge in [-0.05, 0) is 29.7 Å². The third-order valence-electron chi connectivity index (χ3n) is 4.23. The summed E-state index contributed by atoms with van der Waals surface area (Å²) in [5.41, 5.74) is 8.50. The molecule has 1 atom stereocenters. The SMILES string of the molecule is N#Cc1ccc(CN2Cc3ccccc3CC2C(N)=O)c(F)c1. The number of amides is 1. The number of nitriles is 1. The molecule has 1 aliphatic heterocycles. The van der Waals surface area contributed by atoms with Crippen LogP contribution in [0.15, 0.2) is 42.5 Å². The lowest BCUT2D eigenvalue weighted by atomic mass is 9.93. The summed E-state index contributed by atoms with van der Waals surface area (Å²) in [6.45, 7) is 0.822. The van der Waals surface area contributed by atoms with E-state index in [0.717, 1.165) is 11.1 Å². The van der Waals surface area contributed by atoms with Crippen LogP contribution in [0.2, 0.25) is 0 Å². The van der Waals surface area contributed by atoms with Crippen molar-refractivity contribution in [1.82, 2.24) is 4.90 Å². The fourth-order valence-corrected chi connectivity index (χ4v) is 2.99. The molecule has 23 heavy (non-hydrogen) atoms. The summed E-state index contributed by atoms with van der Waals surface area (Å²) in [7, 11) is 0. The number of benzene rings is 2. The van der Waals surface area contributed by atoms with E-state index < -0.39 is 17.8 Å². The summed E-state index contributed by atoms with van der Waals surface area (Å²) >= 11 is 0.